The second-order valence-electron chi connectivity index (χ2n) is 3.35. The summed E-state index contributed by atoms with van der Waals surface area (Å²) in [4.78, 5) is 0. The molecule has 1 rings (SSSR count). The Morgan fingerprint density at radius 2 is 2.00 bits per heavy atom. The third kappa shape index (κ3) is 3.01. The van der Waals surface area contributed by atoms with E-state index in [1.54, 1.807) is 33.3 Å². The minimum absolute atomic E-state index is 0.443. The molecule has 0 spiro atoms. The molecular weight excluding hydrogens is 216 g/mol. The van der Waals surface area contributed by atoms with E-state index >= 15 is 0 Å². The van der Waals surface area contributed by atoms with E-state index in [0.717, 1.165) is 5.56 Å². The quantitative estimate of drug-likeness (QED) is 0.863. The number of aliphatic hydroxyl groups excluding tert-OH is 1. The Labute approximate surface area is 94.6 Å². The number of ether oxygens (including phenoxy) is 2. The van der Waals surface area contributed by atoms with E-state index in [4.69, 9.17) is 21.1 Å². The maximum Gasteiger partial charge on any atom is 0.164 e. The highest BCUT2D eigenvalue weighted by Crippen LogP contribution is 2.35. The Kier molecular flexibility index (Phi) is 4.24. The van der Waals surface area contributed by atoms with Crippen LogP contribution >= 0.6 is 11.6 Å². The van der Waals surface area contributed by atoms with Crippen LogP contribution in [-0.4, -0.2) is 25.4 Å². The van der Waals surface area contributed by atoms with Crippen LogP contribution in [-0.2, 0) is 6.42 Å². The van der Waals surface area contributed by atoms with Gasteiger partial charge in [0.2, 0.25) is 0 Å². The standard InChI is InChI=1S/C11H15ClO3/c1-7(13)4-8-5-9(12)6-10(14-2)11(8)15-3/h5-7,13H,4H2,1-3H3/t7-/m1/s1. The van der Waals surface area contributed by atoms with Gasteiger partial charge in [-0.1, -0.05) is 11.6 Å². The van der Waals surface area contributed by atoms with Gasteiger partial charge in [-0.25, -0.2) is 0 Å². The minimum atomic E-state index is -0.443. The van der Waals surface area contributed by atoms with Gasteiger partial charge in [0.15, 0.2) is 11.5 Å². The molecule has 0 aliphatic rings. The van der Waals surface area contributed by atoms with Crippen LogP contribution in [0.3, 0.4) is 0 Å². The molecule has 15 heavy (non-hydrogen) atoms. The van der Waals surface area contributed by atoms with Crippen molar-refractivity contribution >= 4 is 11.6 Å². The van der Waals surface area contributed by atoms with Crippen LogP contribution in [0.2, 0.25) is 5.02 Å². The first-order chi connectivity index (χ1) is 7.08. The third-order valence-corrected chi connectivity index (χ3v) is 2.25. The first-order valence-corrected chi connectivity index (χ1v) is 5.04. The van der Waals surface area contributed by atoms with Crippen molar-refractivity contribution in [2.45, 2.75) is 19.4 Å². The van der Waals surface area contributed by atoms with E-state index in [9.17, 15) is 5.11 Å². The Morgan fingerprint density at radius 3 is 2.47 bits per heavy atom. The average molecular weight is 231 g/mol. The van der Waals surface area contributed by atoms with Crippen LogP contribution in [0.5, 0.6) is 11.5 Å². The number of hydrogen-bond donors (Lipinski definition) is 1. The maximum atomic E-state index is 9.34. The lowest BCUT2D eigenvalue weighted by Gasteiger charge is -2.14. The average Bonchev–Trinajstić information content (AvgIpc) is 2.15. The van der Waals surface area contributed by atoms with E-state index in [0.29, 0.717) is 22.9 Å². The molecule has 0 heterocycles. The number of rotatable bonds is 4. The van der Waals surface area contributed by atoms with Crippen molar-refractivity contribution in [2.24, 2.45) is 0 Å². The van der Waals surface area contributed by atoms with Gasteiger partial charge >= 0.3 is 0 Å². The zero-order valence-electron chi connectivity index (χ0n) is 9.08. The van der Waals surface area contributed by atoms with Gasteiger partial charge in [0.1, 0.15) is 0 Å². The smallest absolute Gasteiger partial charge is 0.164 e. The summed E-state index contributed by atoms with van der Waals surface area (Å²) in [5.74, 6) is 1.21. The molecule has 0 unspecified atom stereocenters. The molecule has 1 aromatic carbocycles. The summed E-state index contributed by atoms with van der Waals surface area (Å²) in [7, 11) is 3.12. The lowest BCUT2D eigenvalue weighted by atomic mass is 10.1. The van der Waals surface area contributed by atoms with Gasteiger partial charge in [-0.15, -0.1) is 0 Å². The predicted octanol–water partition coefficient (Wildman–Crippen LogP) is 2.28. The van der Waals surface area contributed by atoms with Crippen LogP contribution < -0.4 is 9.47 Å². The lowest BCUT2D eigenvalue weighted by molar-refractivity contribution is 0.194. The maximum absolute atomic E-state index is 9.34. The molecule has 1 atom stereocenters. The molecule has 1 N–H and O–H groups in total. The van der Waals surface area contributed by atoms with E-state index in [2.05, 4.69) is 0 Å². The second kappa shape index (κ2) is 5.24. The summed E-state index contributed by atoms with van der Waals surface area (Å²) >= 11 is 5.92. The largest absolute Gasteiger partial charge is 0.493 e. The molecule has 84 valence electrons. The van der Waals surface area contributed by atoms with E-state index in [1.165, 1.54) is 0 Å². The fourth-order valence-corrected chi connectivity index (χ4v) is 1.71. The minimum Gasteiger partial charge on any atom is -0.493 e. The van der Waals surface area contributed by atoms with Gasteiger partial charge in [-0.3, -0.25) is 0 Å². The number of hydrogen-bond acceptors (Lipinski definition) is 3. The number of benzene rings is 1. The van der Waals surface area contributed by atoms with Crippen LogP contribution in [0, 0.1) is 0 Å². The monoisotopic (exact) mass is 230 g/mol. The number of halogens is 1. The molecule has 0 aliphatic heterocycles. The molecule has 1 aromatic rings. The number of methoxy groups -OCH3 is 2. The molecule has 0 fully saturated rings. The Morgan fingerprint density at radius 1 is 1.33 bits per heavy atom. The molecule has 0 aliphatic carbocycles. The molecule has 0 aromatic heterocycles. The van der Waals surface area contributed by atoms with Gasteiger partial charge in [-0.2, -0.15) is 0 Å². The van der Waals surface area contributed by atoms with Crippen molar-refractivity contribution in [2.75, 3.05) is 14.2 Å². The number of aliphatic hydroxyl groups is 1. The fraction of sp³-hybridized carbons (Fsp3) is 0.455. The van der Waals surface area contributed by atoms with E-state index in [1.807, 2.05) is 0 Å². The summed E-state index contributed by atoms with van der Waals surface area (Å²) in [6.45, 7) is 1.72. The molecule has 0 amide bonds. The molecule has 0 saturated heterocycles. The van der Waals surface area contributed by atoms with Crippen molar-refractivity contribution < 1.29 is 14.6 Å². The van der Waals surface area contributed by atoms with Crippen LogP contribution in [0.1, 0.15) is 12.5 Å². The summed E-state index contributed by atoms with van der Waals surface area (Å²) in [5.41, 5.74) is 0.844. The SMILES string of the molecule is COc1cc(Cl)cc(C[C@@H](C)O)c1OC. The zero-order chi connectivity index (χ0) is 11.4. The van der Waals surface area contributed by atoms with E-state index < -0.39 is 6.10 Å². The predicted molar refractivity (Wildman–Crippen MR) is 59.9 cm³/mol. The Balaban J connectivity index is 3.16. The topological polar surface area (TPSA) is 38.7 Å². The van der Waals surface area contributed by atoms with Gasteiger partial charge in [0.05, 0.1) is 20.3 Å². The first kappa shape index (κ1) is 12.1. The van der Waals surface area contributed by atoms with Crippen molar-refractivity contribution in [3.63, 3.8) is 0 Å². The fourth-order valence-electron chi connectivity index (χ4n) is 1.48. The molecule has 3 nitrogen and oxygen atoms in total. The van der Waals surface area contributed by atoms with E-state index in [-0.39, 0.29) is 0 Å². The summed E-state index contributed by atoms with van der Waals surface area (Å²) in [6.07, 6.45) is 0.0437. The van der Waals surface area contributed by atoms with Crippen molar-refractivity contribution in [3.05, 3.63) is 22.7 Å². The van der Waals surface area contributed by atoms with Gasteiger partial charge in [0, 0.05) is 23.1 Å². The molecule has 0 bridgehead atoms. The Hall–Kier alpha value is -0.930. The van der Waals surface area contributed by atoms with Crippen LogP contribution in [0.4, 0.5) is 0 Å². The molecule has 0 radical (unpaired) electrons. The molecule has 0 saturated carbocycles. The lowest BCUT2D eigenvalue weighted by Crippen LogP contribution is -2.06. The first-order valence-electron chi connectivity index (χ1n) is 4.67. The third-order valence-electron chi connectivity index (χ3n) is 2.04. The van der Waals surface area contributed by atoms with Crippen molar-refractivity contribution in [3.8, 4) is 11.5 Å². The van der Waals surface area contributed by atoms with Gasteiger partial charge in [-0.05, 0) is 13.0 Å². The van der Waals surface area contributed by atoms with Gasteiger partial charge < -0.3 is 14.6 Å². The molecule has 4 heteroatoms. The van der Waals surface area contributed by atoms with Crippen LogP contribution in [0.25, 0.3) is 0 Å². The highest BCUT2D eigenvalue weighted by atomic mass is 35.5. The summed E-state index contributed by atoms with van der Waals surface area (Å²) < 4.78 is 10.4. The normalized spacial score (nSPS) is 12.3. The zero-order valence-corrected chi connectivity index (χ0v) is 9.84. The van der Waals surface area contributed by atoms with Gasteiger partial charge in [0.25, 0.3) is 0 Å². The van der Waals surface area contributed by atoms with Crippen molar-refractivity contribution in [1.29, 1.82) is 0 Å². The molecular formula is C11H15ClO3. The summed E-state index contributed by atoms with van der Waals surface area (Å²) in [6, 6.07) is 3.46. The highest BCUT2D eigenvalue weighted by Gasteiger charge is 2.13. The highest BCUT2D eigenvalue weighted by molar-refractivity contribution is 6.30. The van der Waals surface area contributed by atoms with Crippen molar-refractivity contribution in [1.82, 2.24) is 0 Å². The van der Waals surface area contributed by atoms with Crippen LogP contribution in [0.15, 0.2) is 12.1 Å². The Bertz CT molecular complexity index is 337. The summed E-state index contributed by atoms with van der Waals surface area (Å²) in [5, 5.41) is 9.91. The second-order valence-corrected chi connectivity index (χ2v) is 3.79.